The summed E-state index contributed by atoms with van der Waals surface area (Å²) < 4.78 is 27.5. The van der Waals surface area contributed by atoms with Crippen LogP contribution in [0, 0.1) is 5.92 Å². The Morgan fingerprint density at radius 1 is 1.24 bits per heavy atom. The molecule has 1 aromatic rings. The highest BCUT2D eigenvalue weighted by Gasteiger charge is 2.28. The van der Waals surface area contributed by atoms with Gasteiger partial charge in [0, 0.05) is 17.6 Å². The van der Waals surface area contributed by atoms with Gasteiger partial charge in [-0.2, -0.15) is 4.31 Å². The third kappa shape index (κ3) is 4.93. The summed E-state index contributed by atoms with van der Waals surface area (Å²) in [5, 5.41) is 3.15. The van der Waals surface area contributed by atoms with Crippen LogP contribution in [0.15, 0.2) is 33.6 Å². The van der Waals surface area contributed by atoms with E-state index in [0.717, 1.165) is 30.3 Å². The standard InChI is InChI=1S/C14H21BrN2O2S.ClH/c1-16-9-6-12-7-10-17(11-8-12)20(18,19)14-4-2-13(15)3-5-14;/h2-5,12,16H,6-11H2,1H3;1H. The molecule has 1 saturated heterocycles. The van der Waals surface area contributed by atoms with Crippen molar-refractivity contribution in [1.29, 1.82) is 0 Å². The molecule has 0 saturated carbocycles. The van der Waals surface area contributed by atoms with Crippen molar-refractivity contribution in [2.75, 3.05) is 26.7 Å². The maximum absolute atomic E-state index is 12.5. The van der Waals surface area contributed by atoms with E-state index in [1.54, 1.807) is 28.6 Å². The lowest BCUT2D eigenvalue weighted by Crippen LogP contribution is -2.38. The Morgan fingerprint density at radius 2 is 1.81 bits per heavy atom. The number of nitrogens with zero attached hydrogens (tertiary/aromatic N) is 1. The first kappa shape index (κ1) is 18.9. The Kier molecular flexibility index (Phi) is 7.64. The Morgan fingerprint density at radius 3 is 2.33 bits per heavy atom. The molecule has 120 valence electrons. The van der Waals surface area contributed by atoms with Crippen LogP contribution in [-0.4, -0.2) is 39.4 Å². The highest BCUT2D eigenvalue weighted by atomic mass is 79.9. The minimum absolute atomic E-state index is 0. The van der Waals surface area contributed by atoms with Crippen LogP contribution in [0.3, 0.4) is 0 Å². The second-order valence-electron chi connectivity index (χ2n) is 5.19. The zero-order valence-electron chi connectivity index (χ0n) is 12.1. The molecular formula is C14H22BrClN2O2S. The average Bonchev–Trinajstić information content (AvgIpc) is 2.46. The first-order valence-electron chi connectivity index (χ1n) is 6.94. The minimum Gasteiger partial charge on any atom is -0.320 e. The number of hydrogen-bond acceptors (Lipinski definition) is 3. The van der Waals surface area contributed by atoms with E-state index in [0.29, 0.717) is 23.9 Å². The molecular weight excluding hydrogens is 376 g/mol. The fraction of sp³-hybridized carbons (Fsp3) is 0.571. The summed E-state index contributed by atoms with van der Waals surface area (Å²) in [4.78, 5) is 0.384. The van der Waals surface area contributed by atoms with E-state index < -0.39 is 10.0 Å². The van der Waals surface area contributed by atoms with Gasteiger partial charge >= 0.3 is 0 Å². The Bertz CT molecular complexity index is 528. The molecule has 0 aromatic heterocycles. The summed E-state index contributed by atoms with van der Waals surface area (Å²) in [5.41, 5.74) is 0. The van der Waals surface area contributed by atoms with E-state index in [2.05, 4.69) is 21.2 Å². The fourth-order valence-corrected chi connectivity index (χ4v) is 4.28. The molecule has 2 rings (SSSR count). The van der Waals surface area contributed by atoms with Gasteiger partial charge < -0.3 is 5.32 Å². The fourth-order valence-electron chi connectivity index (χ4n) is 2.54. The molecule has 1 heterocycles. The van der Waals surface area contributed by atoms with E-state index in [9.17, 15) is 8.42 Å². The van der Waals surface area contributed by atoms with Crippen LogP contribution in [-0.2, 0) is 10.0 Å². The van der Waals surface area contributed by atoms with Crippen molar-refractivity contribution in [3.05, 3.63) is 28.7 Å². The van der Waals surface area contributed by atoms with Gasteiger partial charge in [-0.25, -0.2) is 8.42 Å². The van der Waals surface area contributed by atoms with Crippen molar-refractivity contribution in [1.82, 2.24) is 9.62 Å². The van der Waals surface area contributed by atoms with Gasteiger partial charge in [-0.15, -0.1) is 12.4 Å². The number of nitrogens with one attached hydrogen (secondary N) is 1. The normalized spacial score (nSPS) is 17.4. The van der Waals surface area contributed by atoms with Gasteiger partial charge in [0.15, 0.2) is 0 Å². The van der Waals surface area contributed by atoms with E-state index in [-0.39, 0.29) is 12.4 Å². The van der Waals surface area contributed by atoms with Crippen LogP contribution in [0.5, 0.6) is 0 Å². The van der Waals surface area contributed by atoms with Crippen molar-refractivity contribution < 1.29 is 8.42 Å². The molecule has 0 unspecified atom stereocenters. The Labute approximate surface area is 141 Å². The van der Waals surface area contributed by atoms with Crippen molar-refractivity contribution in [3.8, 4) is 0 Å². The van der Waals surface area contributed by atoms with Crippen LogP contribution in [0.2, 0.25) is 0 Å². The predicted molar refractivity (Wildman–Crippen MR) is 91.4 cm³/mol. The van der Waals surface area contributed by atoms with Crippen molar-refractivity contribution >= 4 is 38.4 Å². The number of sulfonamides is 1. The van der Waals surface area contributed by atoms with Gasteiger partial charge in [-0.1, -0.05) is 15.9 Å². The first-order valence-corrected chi connectivity index (χ1v) is 9.17. The average molecular weight is 398 g/mol. The van der Waals surface area contributed by atoms with Crippen LogP contribution in [0.4, 0.5) is 0 Å². The minimum atomic E-state index is -3.33. The molecule has 1 N–H and O–H groups in total. The van der Waals surface area contributed by atoms with Crippen molar-refractivity contribution in [2.45, 2.75) is 24.2 Å². The third-order valence-electron chi connectivity index (χ3n) is 3.83. The van der Waals surface area contributed by atoms with E-state index in [1.807, 2.05) is 7.05 Å². The molecule has 1 fully saturated rings. The molecule has 0 atom stereocenters. The summed E-state index contributed by atoms with van der Waals surface area (Å²) >= 11 is 3.33. The number of piperidine rings is 1. The zero-order valence-corrected chi connectivity index (χ0v) is 15.3. The quantitative estimate of drug-likeness (QED) is 0.831. The van der Waals surface area contributed by atoms with Crippen molar-refractivity contribution in [3.63, 3.8) is 0 Å². The Balaban J connectivity index is 0.00000220. The van der Waals surface area contributed by atoms with Gasteiger partial charge in [0.2, 0.25) is 10.0 Å². The highest BCUT2D eigenvalue weighted by Crippen LogP contribution is 2.26. The van der Waals surface area contributed by atoms with Gasteiger partial charge in [0.1, 0.15) is 0 Å². The van der Waals surface area contributed by atoms with Gasteiger partial charge in [0.05, 0.1) is 4.90 Å². The highest BCUT2D eigenvalue weighted by molar-refractivity contribution is 9.10. The molecule has 21 heavy (non-hydrogen) atoms. The van der Waals surface area contributed by atoms with Crippen LogP contribution in [0.25, 0.3) is 0 Å². The molecule has 1 aliphatic heterocycles. The molecule has 0 radical (unpaired) electrons. The van der Waals surface area contributed by atoms with E-state index in [4.69, 9.17) is 0 Å². The van der Waals surface area contributed by atoms with Crippen LogP contribution >= 0.6 is 28.3 Å². The summed E-state index contributed by atoms with van der Waals surface area (Å²) in [5.74, 6) is 0.638. The summed E-state index contributed by atoms with van der Waals surface area (Å²) in [6, 6.07) is 6.86. The second kappa shape index (κ2) is 8.48. The molecule has 0 amide bonds. The maximum Gasteiger partial charge on any atom is 0.243 e. The smallest absolute Gasteiger partial charge is 0.243 e. The number of halogens is 2. The van der Waals surface area contributed by atoms with Gasteiger partial charge in [0.25, 0.3) is 0 Å². The molecule has 4 nitrogen and oxygen atoms in total. The number of benzene rings is 1. The molecule has 1 aliphatic rings. The lowest BCUT2D eigenvalue weighted by molar-refractivity contribution is 0.263. The van der Waals surface area contributed by atoms with Crippen LogP contribution < -0.4 is 5.32 Å². The molecule has 1 aromatic carbocycles. The topological polar surface area (TPSA) is 49.4 Å². The Hall–Kier alpha value is -0.140. The van der Waals surface area contributed by atoms with Gasteiger partial charge in [-0.05, 0) is 63.0 Å². The van der Waals surface area contributed by atoms with Crippen LogP contribution in [0.1, 0.15) is 19.3 Å². The summed E-state index contributed by atoms with van der Waals surface area (Å²) in [7, 11) is -1.37. The maximum atomic E-state index is 12.5. The first-order chi connectivity index (χ1) is 9.54. The molecule has 0 bridgehead atoms. The molecule has 7 heteroatoms. The van der Waals surface area contributed by atoms with Gasteiger partial charge in [-0.3, -0.25) is 0 Å². The number of hydrogen-bond donors (Lipinski definition) is 1. The summed E-state index contributed by atoms with van der Waals surface area (Å²) in [6.07, 6.45) is 3.04. The monoisotopic (exact) mass is 396 g/mol. The lowest BCUT2D eigenvalue weighted by Gasteiger charge is -2.31. The number of rotatable bonds is 5. The van der Waals surface area contributed by atoms with Crippen molar-refractivity contribution in [2.24, 2.45) is 5.92 Å². The lowest BCUT2D eigenvalue weighted by atomic mass is 9.95. The predicted octanol–water partition coefficient (Wildman–Crippen LogP) is 2.88. The summed E-state index contributed by atoms with van der Waals surface area (Å²) in [6.45, 7) is 2.27. The van der Waals surface area contributed by atoms with E-state index in [1.165, 1.54) is 0 Å². The molecule has 0 spiro atoms. The second-order valence-corrected chi connectivity index (χ2v) is 8.05. The third-order valence-corrected chi connectivity index (χ3v) is 6.27. The SMILES string of the molecule is CNCCC1CCN(S(=O)(=O)c2ccc(Br)cc2)CC1.Cl. The van der Waals surface area contributed by atoms with E-state index >= 15 is 0 Å². The zero-order chi connectivity index (χ0) is 14.6. The largest absolute Gasteiger partial charge is 0.320 e. The molecule has 0 aliphatic carbocycles.